The molecule has 0 saturated carbocycles. The Bertz CT molecular complexity index is 347. The molecule has 0 amide bonds. The summed E-state index contributed by atoms with van der Waals surface area (Å²) in [6.45, 7) is 2.10. The minimum Gasteiger partial charge on any atom is -1.00 e. The first kappa shape index (κ1) is 18.0. The van der Waals surface area contributed by atoms with Gasteiger partial charge in [-0.25, -0.2) is 4.79 Å². The number of hydrogen-bond acceptors (Lipinski definition) is 2. The molecule has 7 heteroatoms. The van der Waals surface area contributed by atoms with Gasteiger partial charge in [0.05, 0.1) is 26.2 Å². The van der Waals surface area contributed by atoms with E-state index < -0.39 is 12.1 Å². The van der Waals surface area contributed by atoms with Crippen LogP contribution in [0.15, 0.2) is 0 Å². The van der Waals surface area contributed by atoms with Crippen molar-refractivity contribution in [3.05, 3.63) is 0 Å². The minimum absolute atomic E-state index is 0. The van der Waals surface area contributed by atoms with Crippen molar-refractivity contribution in [2.75, 3.05) is 26.7 Å². The van der Waals surface area contributed by atoms with Gasteiger partial charge in [0.1, 0.15) is 6.61 Å². The maximum Gasteiger partial charge on any atom is 0.490 e. The summed E-state index contributed by atoms with van der Waals surface area (Å²) in [7, 11) is 2.18. The molecule has 2 aliphatic rings. The fraction of sp³-hybridized carbons (Fsp3) is 0.923. The highest BCUT2D eigenvalue weighted by molar-refractivity contribution is 5.75. The molecule has 0 aliphatic carbocycles. The summed E-state index contributed by atoms with van der Waals surface area (Å²) in [5.41, 5.74) is 0. The summed E-state index contributed by atoms with van der Waals surface area (Å²) in [6.07, 6.45) is 0.333. The number of carbonyl (C=O) groups excluding carboxylic acids is 1. The molecule has 2 aliphatic heterocycles. The first-order chi connectivity index (χ1) is 8.83. The number of piperidine rings is 2. The van der Waals surface area contributed by atoms with Crippen molar-refractivity contribution in [3.8, 4) is 0 Å². The van der Waals surface area contributed by atoms with Gasteiger partial charge in [-0.2, -0.15) is 13.2 Å². The van der Waals surface area contributed by atoms with E-state index in [9.17, 15) is 18.0 Å². The molecule has 3 nitrogen and oxygen atoms in total. The van der Waals surface area contributed by atoms with E-state index in [-0.39, 0.29) is 36.5 Å². The van der Waals surface area contributed by atoms with Gasteiger partial charge in [0.25, 0.3) is 0 Å². The van der Waals surface area contributed by atoms with Crippen LogP contribution in [0.25, 0.3) is 0 Å². The van der Waals surface area contributed by atoms with Gasteiger partial charge < -0.3 is 33.2 Å². The summed E-state index contributed by atoms with van der Waals surface area (Å²) in [5, 5.41) is 0. The summed E-state index contributed by atoms with van der Waals surface area (Å²) >= 11 is 0. The Kier molecular flexibility index (Phi) is 6.13. The third-order valence-corrected chi connectivity index (χ3v) is 4.67. The standard InChI is InChI=1S/C13H21F3NO2.HI/c1-17-7-3-2-6-11(17)10(5-4-8-17)9-19-12(18)13(14,15)16;/h10-11H,2-9H2,1H3;1H/q+1;/p-1. The molecule has 0 radical (unpaired) electrons. The lowest BCUT2D eigenvalue weighted by atomic mass is 9.82. The second-order valence-electron chi connectivity index (χ2n) is 5.99. The van der Waals surface area contributed by atoms with Crippen LogP contribution in [0, 0.1) is 5.92 Å². The van der Waals surface area contributed by atoms with Crippen molar-refractivity contribution in [2.24, 2.45) is 5.92 Å². The largest absolute Gasteiger partial charge is 1.00 e. The van der Waals surface area contributed by atoms with Crippen LogP contribution >= 0.6 is 0 Å². The highest BCUT2D eigenvalue weighted by Crippen LogP contribution is 2.36. The second-order valence-corrected chi connectivity index (χ2v) is 5.99. The molecule has 0 aromatic carbocycles. The predicted molar refractivity (Wildman–Crippen MR) is 63.3 cm³/mol. The molecule has 0 N–H and O–H groups in total. The molecule has 0 aromatic rings. The molecule has 0 spiro atoms. The molecule has 3 unspecified atom stereocenters. The lowest BCUT2D eigenvalue weighted by molar-refractivity contribution is -0.947. The Labute approximate surface area is 134 Å². The third kappa shape index (κ3) is 3.99. The smallest absolute Gasteiger partial charge is 0.490 e. The van der Waals surface area contributed by atoms with Gasteiger partial charge in [-0.1, -0.05) is 0 Å². The SMILES string of the molecule is C[N+]12CCCCC1C(COC(=O)C(F)(F)F)CCC2.[I-]. The van der Waals surface area contributed by atoms with E-state index in [0.717, 1.165) is 43.3 Å². The number of hydrogen-bond donors (Lipinski definition) is 0. The summed E-state index contributed by atoms with van der Waals surface area (Å²) in [4.78, 5) is 10.8. The molecule has 0 bridgehead atoms. The van der Waals surface area contributed by atoms with Crippen molar-refractivity contribution in [3.63, 3.8) is 0 Å². The zero-order chi connectivity index (χ0) is 14.1. The van der Waals surface area contributed by atoms with Crippen molar-refractivity contribution >= 4 is 5.97 Å². The highest BCUT2D eigenvalue weighted by Gasteiger charge is 2.46. The number of quaternary nitrogens is 1. The highest BCUT2D eigenvalue weighted by atomic mass is 127. The number of halogens is 4. The monoisotopic (exact) mass is 407 g/mol. The molecule has 20 heavy (non-hydrogen) atoms. The molecule has 2 rings (SSSR count). The van der Waals surface area contributed by atoms with Crippen LogP contribution in [-0.4, -0.2) is 49.4 Å². The second kappa shape index (κ2) is 6.81. The lowest BCUT2D eigenvalue weighted by Gasteiger charge is -2.51. The lowest BCUT2D eigenvalue weighted by Crippen LogP contribution is -3.00. The average Bonchev–Trinajstić information content (AvgIpc) is 2.33. The zero-order valence-corrected chi connectivity index (χ0v) is 13.7. The van der Waals surface area contributed by atoms with Crippen molar-refractivity contribution in [1.82, 2.24) is 0 Å². The van der Waals surface area contributed by atoms with E-state index in [0.29, 0.717) is 6.04 Å². The van der Waals surface area contributed by atoms with Gasteiger partial charge in [0.15, 0.2) is 0 Å². The van der Waals surface area contributed by atoms with Crippen molar-refractivity contribution < 1.29 is 51.2 Å². The van der Waals surface area contributed by atoms with Crippen molar-refractivity contribution in [1.29, 1.82) is 0 Å². The van der Waals surface area contributed by atoms with E-state index in [4.69, 9.17) is 0 Å². The van der Waals surface area contributed by atoms with Crippen LogP contribution in [0.2, 0.25) is 0 Å². The Balaban J connectivity index is 0.00000200. The van der Waals surface area contributed by atoms with Gasteiger partial charge in [0.2, 0.25) is 0 Å². The molecule has 0 aromatic heterocycles. The van der Waals surface area contributed by atoms with Gasteiger partial charge in [-0.3, -0.25) is 0 Å². The maximum absolute atomic E-state index is 12.1. The first-order valence-electron chi connectivity index (χ1n) is 6.91. The minimum atomic E-state index is -4.88. The molecule has 2 saturated heterocycles. The number of nitrogens with zero attached hydrogens (tertiary/aromatic N) is 1. The summed E-state index contributed by atoms with van der Waals surface area (Å²) < 4.78 is 41.8. The number of rotatable bonds is 2. The molecule has 118 valence electrons. The van der Waals surface area contributed by atoms with E-state index in [1.54, 1.807) is 0 Å². The zero-order valence-electron chi connectivity index (χ0n) is 11.6. The van der Waals surface area contributed by atoms with Gasteiger partial charge in [-0.05, 0) is 25.7 Å². The van der Waals surface area contributed by atoms with E-state index in [2.05, 4.69) is 11.8 Å². The van der Waals surface area contributed by atoms with Crippen LogP contribution in [0.3, 0.4) is 0 Å². The molecule has 2 fully saturated rings. The summed E-state index contributed by atoms with van der Waals surface area (Å²) in [5.74, 6) is -1.98. The molecule has 3 atom stereocenters. The average molecular weight is 407 g/mol. The number of fused-ring (bicyclic) bond motifs is 1. The first-order valence-corrected chi connectivity index (χ1v) is 6.91. The Morgan fingerprint density at radius 1 is 1.20 bits per heavy atom. The topological polar surface area (TPSA) is 26.3 Å². The molecule has 2 heterocycles. The molecular formula is C13H21F3INO2. The van der Waals surface area contributed by atoms with Crippen LogP contribution < -0.4 is 24.0 Å². The van der Waals surface area contributed by atoms with E-state index >= 15 is 0 Å². The van der Waals surface area contributed by atoms with Gasteiger partial charge >= 0.3 is 12.1 Å². The van der Waals surface area contributed by atoms with E-state index in [1.165, 1.54) is 6.42 Å². The van der Waals surface area contributed by atoms with Crippen molar-refractivity contribution in [2.45, 2.75) is 44.3 Å². The van der Waals surface area contributed by atoms with E-state index in [1.807, 2.05) is 0 Å². The number of alkyl halides is 3. The quantitative estimate of drug-likeness (QED) is 0.351. The Morgan fingerprint density at radius 3 is 2.50 bits per heavy atom. The van der Waals surface area contributed by atoms with Crippen LogP contribution in [0.1, 0.15) is 32.1 Å². The molecular weight excluding hydrogens is 386 g/mol. The maximum atomic E-state index is 12.1. The van der Waals surface area contributed by atoms with Crippen LogP contribution in [-0.2, 0) is 9.53 Å². The Hall–Kier alpha value is -0.0500. The predicted octanol–water partition coefficient (Wildman–Crippen LogP) is -0.495. The van der Waals surface area contributed by atoms with Crippen LogP contribution in [0.4, 0.5) is 13.2 Å². The fourth-order valence-electron chi connectivity index (χ4n) is 3.69. The van der Waals surface area contributed by atoms with Gasteiger partial charge in [-0.15, -0.1) is 0 Å². The number of esters is 1. The third-order valence-electron chi connectivity index (χ3n) is 4.67. The summed E-state index contributed by atoms with van der Waals surface area (Å²) in [6, 6.07) is 0.350. The normalized spacial score (nSPS) is 33.8. The van der Waals surface area contributed by atoms with Gasteiger partial charge in [0, 0.05) is 12.3 Å². The number of ether oxygens (including phenoxy) is 1. The Morgan fingerprint density at radius 2 is 1.85 bits per heavy atom. The number of carbonyl (C=O) groups is 1. The fourth-order valence-corrected chi connectivity index (χ4v) is 3.69. The van der Waals surface area contributed by atoms with Crippen LogP contribution in [0.5, 0.6) is 0 Å².